The molecule has 12 heteroatoms. The van der Waals surface area contributed by atoms with Gasteiger partial charge in [0.05, 0.1) is 39.6 Å². The van der Waals surface area contributed by atoms with Gasteiger partial charge < -0.3 is 19.1 Å². The van der Waals surface area contributed by atoms with Crippen LogP contribution in [0.3, 0.4) is 0 Å². The monoisotopic (exact) mass is 757 g/mol. The van der Waals surface area contributed by atoms with E-state index in [2.05, 4.69) is 4.74 Å². The number of hydrogen-bond donors (Lipinski definition) is 0. The molecule has 1 unspecified atom stereocenters. The van der Waals surface area contributed by atoms with E-state index in [-0.39, 0.29) is 58.7 Å². The summed E-state index contributed by atoms with van der Waals surface area (Å²) < 4.78 is 141. The van der Waals surface area contributed by atoms with Crippen molar-refractivity contribution in [2.45, 2.75) is 55.3 Å². The number of benzene rings is 4. The van der Waals surface area contributed by atoms with Crippen molar-refractivity contribution in [3.8, 4) is 11.1 Å². The van der Waals surface area contributed by atoms with Crippen LogP contribution in [0.1, 0.15) is 53.4 Å². The van der Waals surface area contributed by atoms with Gasteiger partial charge in [0.15, 0.2) is 17.1 Å². The van der Waals surface area contributed by atoms with Crippen LogP contribution in [-0.2, 0) is 28.0 Å². The minimum atomic E-state index is -4.54. The van der Waals surface area contributed by atoms with Gasteiger partial charge >= 0.3 is 6.18 Å². The Hall–Kier alpha value is -4.52. The lowest BCUT2D eigenvalue weighted by atomic mass is 9.96. The zero-order valence-corrected chi connectivity index (χ0v) is 29.2. The van der Waals surface area contributed by atoms with Crippen LogP contribution in [0.2, 0.25) is 0 Å². The number of amides is 1. The van der Waals surface area contributed by atoms with Gasteiger partial charge in [-0.1, -0.05) is 60.7 Å². The molecule has 1 aliphatic heterocycles. The average Bonchev–Trinajstić information content (AvgIpc) is 3.17. The fraction of sp³-hybridized carbons (Fsp3) is 0.317. The molecule has 1 aliphatic rings. The number of ether oxygens (including phenoxy) is 1. The zero-order valence-electron chi connectivity index (χ0n) is 36.4. The maximum absolute atomic E-state index is 15.2. The fourth-order valence-corrected chi connectivity index (χ4v) is 7.37. The number of fused-ring (bicyclic) bond motifs is 1. The number of rotatable bonds is 12. The SMILES string of the molecule is [2H]C([2H])([2H])OC([2H])([2H])CN1CCC(N(C(=O)C([2H])([2H])n2c(SCc3cccc(F)c3F)cc(=O)c3ccccc32)C([2H])(C)c2ccc(-c3ccc(C(F)(F)F)cc3)cc2)CC1. The number of pyridine rings is 1. The fourth-order valence-electron chi connectivity index (χ4n) is 6.38. The summed E-state index contributed by atoms with van der Waals surface area (Å²) in [6.07, 6.45) is -4.38. The Morgan fingerprint density at radius 1 is 1.00 bits per heavy atom. The molecule has 1 aromatic heterocycles. The van der Waals surface area contributed by atoms with E-state index < -0.39 is 73.4 Å². The summed E-state index contributed by atoms with van der Waals surface area (Å²) >= 11 is 0.801. The van der Waals surface area contributed by atoms with Crippen molar-refractivity contribution in [2.75, 3.05) is 33.2 Å². The third kappa shape index (κ3) is 8.83. The number of carbonyl (C=O) groups is 1. The normalized spacial score (nSPS) is 18.4. The van der Waals surface area contributed by atoms with Gasteiger partial charge in [0.25, 0.3) is 0 Å². The van der Waals surface area contributed by atoms with Crippen molar-refractivity contribution < 1.29 is 42.4 Å². The van der Waals surface area contributed by atoms with Crippen LogP contribution in [0.4, 0.5) is 22.0 Å². The average molecular weight is 758 g/mol. The molecule has 0 saturated carbocycles. The Kier molecular flexibility index (Phi) is 9.09. The highest BCUT2D eigenvalue weighted by Crippen LogP contribution is 2.34. The quantitative estimate of drug-likeness (QED) is 0.0940. The van der Waals surface area contributed by atoms with E-state index in [1.54, 1.807) is 23.1 Å². The second-order valence-corrected chi connectivity index (χ2v) is 13.5. The van der Waals surface area contributed by atoms with Gasteiger partial charge in [-0.25, -0.2) is 8.78 Å². The molecule has 0 spiro atoms. The van der Waals surface area contributed by atoms with Crippen molar-refractivity contribution in [2.24, 2.45) is 0 Å². The Bertz CT molecular complexity index is 2440. The first kappa shape index (κ1) is 28.9. The number of piperidine rings is 1. The Balaban J connectivity index is 1.40. The summed E-state index contributed by atoms with van der Waals surface area (Å²) in [4.78, 5) is 31.2. The van der Waals surface area contributed by atoms with E-state index in [0.29, 0.717) is 11.1 Å². The zero-order chi connectivity index (χ0) is 44.7. The van der Waals surface area contributed by atoms with E-state index in [4.69, 9.17) is 6.85 Å². The first-order chi connectivity index (χ1) is 28.4. The lowest BCUT2D eigenvalue weighted by Crippen LogP contribution is -2.49. The molecule has 1 atom stereocenters. The minimum absolute atomic E-state index is 0.00870. The standard InChI is InChI=1S/C41H40F5N3O3S/c1-27(28-10-12-29(13-11-28)30-14-16-32(17-15-30)41(44,45)46)49(33-18-20-47(21-19-33)22-23-52-2)38(51)25-48-36-9-4-3-7-34(36)37(50)24-39(48)53-26-31-6-5-8-35(42)40(31)43/h3-17,24,27,33H,18-23,25-26H2,1-2H3/i2D3,23D2,25D2,27D. The maximum atomic E-state index is 15.2. The molecule has 6 rings (SSSR count). The summed E-state index contributed by atoms with van der Waals surface area (Å²) in [5, 5.41) is -0.0362. The second-order valence-electron chi connectivity index (χ2n) is 12.5. The van der Waals surface area contributed by atoms with Gasteiger partial charge in [-0.05, 0) is 66.8 Å². The Morgan fingerprint density at radius 2 is 1.68 bits per heavy atom. The number of halogens is 5. The van der Waals surface area contributed by atoms with Crippen LogP contribution in [0.5, 0.6) is 0 Å². The number of carbonyl (C=O) groups excluding carboxylic acids is 1. The molecule has 6 nitrogen and oxygen atoms in total. The second kappa shape index (κ2) is 16.7. The van der Waals surface area contributed by atoms with Crippen LogP contribution in [0.15, 0.2) is 107 Å². The molecule has 5 aromatic rings. The van der Waals surface area contributed by atoms with Crippen LogP contribution in [0.25, 0.3) is 22.0 Å². The highest BCUT2D eigenvalue weighted by atomic mass is 32.2. The molecule has 4 aromatic carbocycles. The molecule has 1 amide bonds. The molecule has 53 heavy (non-hydrogen) atoms. The molecule has 0 aliphatic carbocycles. The molecule has 278 valence electrons. The maximum Gasteiger partial charge on any atom is 0.416 e. The summed E-state index contributed by atoms with van der Waals surface area (Å²) in [6, 6.07) is 18.4. The van der Waals surface area contributed by atoms with Crippen molar-refractivity contribution >= 4 is 28.6 Å². The number of thioether (sulfide) groups is 1. The predicted molar refractivity (Wildman–Crippen MR) is 198 cm³/mol. The van der Waals surface area contributed by atoms with Crippen molar-refractivity contribution in [1.82, 2.24) is 14.4 Å². The number of hydrogen-bond acceptors (Lipinski definition) is 5. The number of likely N-dealkylation sites (tertiary alicyclic amines) is 1. The molecule has 0 radical (unpaired) electrons. The summed E-state index contributed by atoms with van der Waals surface area (Å²) in [5.41, 5.74) is -0.280. The first-order valence-electron chi connectivity index (χ1n) is 20.6. The number of methoxy groups -OCH3 is 1. The number of aromatic nitrogens is 1. The van der Waals surface area contributed by atoms with Gasteiger partial charge in [0.1, 0.15) is 6.50 Å². The predicted octanol–water partition coefficient (Wildman–Crippen LogP) is 8.96. The molecule has 0 bridgehead atoms. The third-order valence-corrected chi connectivity index (χ3v) is 10.3. The van der Waals surface area contributed by atoms with E-state index in [9.17, 15) is 30.9 Å². The molecule has 2 heterocycles. The van der Waals surface area contributed by atoms with E-state index in [1.165, 1.54) is 61.5 Å². The van der Waals surface area contributed by atoms with Crippen LogP contribution in [0, 0.1) is 11.6 Å². The molecular formula is C41H40F5N3O3S. The highest BCUT2D eigenvalue weighted by molar-refractivity contribution is 7.98. The summed E-state index contributed by atoms with van der Waals surface area (Å²) in [5.74, 6) is -3.70. The van der Waals surface area contributed by atoms with Crippen LogP contribution < -0.4 is 5.43 Å². The van der Waals surface area contributed by atoms with Gasteiger partial charge in [-0.15, -0.1) is 11.8 Å². The van der Waals surface area contributed by atoms with Crippen LogP contribution in [-0.4, -0.2) is 59.5 Å². The van der Waals surface area contributed by atoms with E-state index in [1.807, 2.05) is 0 Å². The van der Waals surface area contributed by atoms with E-state index >= 15 is 4.79 Å². The smallest absolute Gasteiger partial charge is 0.383 e. The lowest BCUT2D eigenvalue weighted by molar-refractivity contribution is -0.138. The number of nitrogens with zero attached hydrogens (tertiary/aromatic N) is 3. The highest BCUT2D eigenvalue weighted by Gasteiger charge is 2.33. The third-order valence-electron chi connectivity index (χ3n) is 9.21. The molecule has 1 saturated heterocycles. The van der Waals surface area contributed by atoms with Gasteiger partial charge in [-0.2, -0.15) is 13.2 Å². The van der Waals surface area contributed by atoms with Gasteiger partial charge in [0.2, 0.25) is 5.91 Å². The van der Waals surface area contributed by atoms with Gasteiger partial charge in [-0.3, -0.25) is 9.59 Å². The van der Waals surface area contributed by atoms with Gasteiger partial charge in [0, 0.05) is 55.5 Å². The summed E-state index contributed by atoms with van der Waals surface area (Å²) in [6.45, 7) is -4.50. The topological polar surface area (TPSA) is 54.8 Å². The number of alkyl halides is 3. The van der Waals surface area contributed by atoms with Crippen molar-refractivity contribution in [1.29, 1.82) is 0 Å². The minimum Gasteiger partial charge on any atom is -0.383 e. The summed E-state index contributed by atoms with van der Waals surface area (Å²) in [7, 11) is -3.01. The lowest BCUT2D eigenvalue weighted by Gasteiger charge is -2.42. The Labute approximate surface area is 320 Å². The largest absolute Gasteiger partial charge is 0.416 e. The Morgan fingerprint density at radius 3 is 2.36 bits per heavy atom. The first-order valence-corrected chi connectivity index (χ1v) is 17.6. The molecule has 0 N–H and O–H groups in total. The molecular weight excluding hydrogens is 710 g/mol. The van der Waals surface area contributed by atoms with Crippen molar-refractivity contribution in [3.63, 3.8) is 0 Å². The molecule has 1 fully saturated rings. The van der Waals surface area contributed by atoms with Crippen LogP contribution >= 0.6 is 11.8 Å². The number of para-hydroxylation sites is 1. The van der Waals surface area contributed by atoms with Crippen molar-refractivity contribution in [3.05, 3.63) is 136 Å². The van der Waals surface area contributed by atoms with E-state index in [0.717, 1.165) is 45.5 Å².